The van der Waals surface area contributed by atoms with Crippen LogP contribution in [0.4, 0.5) is 0 Å². The predicted octanol–water partition coefficient (Wildman–Crippen LogP) is 4.72. The van der Waals surface area contributed by atoms with Crippen LogP contribution in [0.15, 0.2) is 66.0 Å². The van der Waals surface area contributed by atoms with E-state index in [9.17, 15) is 4.79 Å². The Kier molecular flexibility index (Phi) is 4.80. The average molecular weight is 376 g/mol. The van der Waals surface area contributed by atoms with E-state index in [2.05, 4.69) is 9.97 Å². The Bertz CT molecular complexity index is 1110. The highest BCUT2D eigenvalue weighted by atomic mass is 32.1. The van der Waals surface area contributed by atoms with Crippen LogP contribution in [0.3, 0.4) is 0 Å². The number of para-hydroxylation sites is 1. The summed E-state index contributed by atoms with van der Waals surface area (Å²) in [5.41, 5.74) is 2.72. The Morgan fingerprint density at radius 2 is 1.93 bits per heavy atom. The van der Waals surface area contributed by atoms with E-state index in [1.165, 1.54) is 11.3 Å². The summed E-state index contributed by atoms with van der Waals surface area (Å²) in [4.78, 5) is 21.2. The third-order valence-corrected chi connectivity index (χ3v) is 4.97. The molecule has 4 aromatic rings. The zero-order chi connectivity index (χ0) is 18.6. The van der Waals surface area contributed by atoms with Gasteiger partial charge in [0.2, 0.25) is 0 Å². The van der Waals surface area contributed by atoms with Gasteiger partial charge in [-0.1, -0.05) is 36.4 Å². The van der Waals surface area contributed by atoms with E-state index < -0.39 is 5.97 Å². The number of carbonyl (C=O) groups excluding carboxylic acids is 1. The number of thiazole rings is 1. The summed E-state index contributed by atoms with van der Waals surface area (Å²) in [5, 5.41) is 3.72. The van der Waals surface area contributed by atoms with E-state index in [-0.39, 0.29) is 12.3 Å². The van der Waals surface area contributed by atoms with Crippen LogP contribution in [0, 0.1) is 0 Å². The van der Waals surface area contributed by atoms with Gasteiger partial charge >= 0.3 is 5.97 Å². The quantitative estimate of drug-likeness (QED) is 0.472. The van der Waals surface area contributed by atoms with E-state index in [0.29, 0.717) is 5.69 Å². The number of nitrogens with zero attached hydrogens (tertiary/aromatic N) is 2. The second kappa shape index (κ2) is 7.55. The largest absolute Gasteiger partial charge is 0.497 e. The predicted molar refractivity (Wildman–Crippen MR) is 105 cm³/mol. The standard InChI is InChI=1S/C21H16N2O3S/c1-25-17-7-4-6-15(11-17)20-22-16(13-27-20)12-26-21(24)19-10-9-14-5-2-3-8-18(14)23-19/h2-11,13H,12H2,1H3. The number of benzene rings is 2. The fourth-order valence-corrected chi connectivity index (χ4v) is 3.46. The number of ether oxygens (including phenoxy) is 2. The van der Waals surface area contributed by atoms with Crippen LogP contribution in [0.5, 0.6) is 5.75 Å². The van der Waals surface area contributed by atoms with E-state index in [1.807, 2.05) is 60.0 Å². The highest BCUT2D eigenvalue weighted by Crippen LogP contribution is 2.27. The molecule has 0 N–H and O–H groups in total. The van der Waals surface area contributed by atoms with Crippen molar-refractivity contribution in [3.63, 3.8) is 0 Å². The molecule has 0 aliphatic heterocycles. The molecule has 0 aliphatic rings. The molecule has 2 heterocycles. The van der Waals surface area contributed by atoms with Crippen LogP contribution in [-0.4, -0.2) is 23.0 Å². The molecule has 0 bridgehead atoms. The maximum absolute atomic E-state index is 12.3. The van der Waals surface area contributed by atoms with E-state index in [4.69, 9.17) is 9.47 Å². The van der Waals surface area contributed by atoms with Gasteiger partial charge in [-0.3, -0.25) is 0 Å². The Morgan fingerprint density at radius 1 is 1.04 bits per heavy atom. The van der Waals surface area contributed by atoms with Crippen molar-refractivity contribution in [2.75, 3.05) is 7.11 Å². The molecule has 4 rings (SSSR count). The highest BCUT2D eigenvalue weighted by Gasteiger charge is 2.12. The van der Waals surface area contributed by atoms with Crippen molar-refractivity contribution in [2.24, 2.45) is 0 Å². The Hall–Kier alpha value is -3.25. The van der Waals surface area contributed by atoms with E-state index in [0.717, 1.165) is 27.2 Å². The number of carbonyl (C=O) groups is 1. The number of rotatable bonds is 5. The van der Waals surface area contributed by atoms with E-state index in [1.54, 1.807) is 13.2 Å². The topological polar surface area (TPSA) is 61.3 Å². The van der Waals surface area contributed by atoms with Crippen LogP contribution < -0.4 is 4.74 Å². The fraction of sp³-hybridized carbons (Fsp3) is 0.0952. The first-order valence-corrected chi connectivity index (χ1v) is 9.22. The van der Waals surface area contributed by atoms with Gasteiger partial charge in [0, 0.05) is 16.3 Å². The zero-order valence-electron chi connectivity index (χ0n) is 14.6. The molecule has 0 unspecified atom stereocenters. The third kappa shape index (κ3) is 3.80. The second-order valence-electron chi connectivity index (χ2n) is 5.84. The molecule has 5 nitrogen and oxygen atoms in total. The third-order valence-electron chi connectivity index (χ3n) is 4.03. The molecule has 2 aromatic carbocycles. The SMILES string of the molecule is COc1cccc(-c2nc(COC(=O)c3ccc4ccccc4n3)cs2)c1. The van der Waals surface area contributed by atoms with E-state index >= 15 is 0 Å². The number of fused-ring (bicyclic) bond motifs is 1. The van der Waals surface area contributed by atoms with Crippen LogP contribution in [0.2, 0.25) is 0 Å². The number of hydrogen-bond acceptors (Lipinski definition) is 6. The summed E-state index contributed by atoms with van der Waals surface area (Å²) in [6.45, 7) is 0.105. The molecule has 0 spiro atoms. The maximum Gasteiger partial charge on any atom is 0.357 e. The molecule has 27 heavy (non-hydrogen) atoms. The molecule has 6 heteroatoms. The molecule has 0 fully saturated rings. The van der Waals surface area contributed by atoms with Gasteiger partial charge in [-0.05, 0) is 24.3 Å². The molecule has 134 valence electrons. The van der Waals surface area contributed by atoms with Crippen LogP contribution in [0.25, 0.3) is 21.5 Å². The summed E-state index contributed by atoms with van der Waals surface area (Å²) in [5.74, 6) is 0.315. The first kappa shape index (κ1) is 17.2. The summed E-state index contributed by atoms with van der Waals surface area (Å²) < 4.78 is 10.6. The lowest BCUT2D eigenvalue weighted by Crippen LogP contribution is -2.07. The lowest BCUT2D eigenvalue weighted by molar-refractivity contribution is 0.0462. The lowest BCUT2D eigenvalue weighted by atomic mass is 10.2. The summed E-state index contributed by atoms with van der Waals surface area (Å²) in [7, 11) is 1.63. The van der Waals surface area contributed by atoms with Crippen molar-refractivity contribution in [3.8, 4) is 16.3 Å². The molecular weight excluding hydrogens is 360 g/mol. The molecule has 2 aromatic heterocycles. The monoisotopic (exact) mass is 376 g/mol. The molecule has 0 aliphatic carbocycles. The minimum Gasteiger partial charge on any atom is -0.497 e. The van der Waals surface area contributed by atoms with Crippen molar-refractivity contribution in [3.05, 3.63) is 77.4 Å². The van der Waals surface area contributed by atoms with Crippen LogP contribution in [0.1, 0.15) is 16.2 Å². The van der Waals surface area contributed by atoms with Gasteiger partial charge in [-0.2, -0.15) is 0 Å². The molecular formula is C21H16N2O3S. The molecule has 0 saturated carbocycles. The van der Waals surface area contributed by atoms with Gasteiger partial charge in [0.05, 0.1) is 18.3 Å². The fourth-order valence-electron chi connectivity index (χ4n) is 2.66. The minimum atomic E-state index is -0.461. The van der Waals surface area contributed by atoms with Gasteiger partial charge in [-0.25, -0.2) is 14.8 Å². The maximum atomic E-state index is 12.3. The number of pyridine rings is 1. The molecule has 0 saturated heterocycles. The second-order valence-corrected chi connectivity index (χ2v) is 6.70. The smallest absolute Gasteiger partial charge is 0.357 e. The van der Waals surface area contributed by atoms with Gasteiger partial charge in [0.15, 0.2) is 0 Å². The Labute approximate surface area is 160 Å². The van der Waals surface area contributed by atoms with Crippen molar-refractivity contribution in [2.45, 2.75) is 6.61 Å². The molecule has 0 amide bonds. The van der Waals surface area contributed by atoms with Crippen molar-refractivity contribution < 1.29 is 14.3 Å². The van der Waals surface area contributed by atoms with Gasteiger partial charge in [0.25, 0.3) is 0 Å². The number of esters is 1. The van der Waals surface area contributed by atoms with Gasteiger partial charge < -0.3 is 9.47 Å². The van der Waals surface area contributed by atoms with Crippen molar-refractivity contribution in [1.29, 1.82) is 0 Å². The summed E-state index contributed by atoms with van der Waals surface area (Å²) in [6, 6.07) is 18.9. The van der Waals surface area contributed by atoms with Gasteiger partial charge in [0.1, 0.15) is 23.1 Å². The summed E-state index contributed by atoms with van der Waals surface area (Å²) >= 11 is 1.50. The minimum absolute atomic E-state index is 0.105. The first-order chi connectivity index (χ1) is 13.2. The van der Waals surface area contributed by atoms with Gasteiger partial charge in [-0.15, -0.1) is 11.3 Å². The number of methoxy groups -OCH3 is 1. The molecule has 0 atom stereocenters. The first-order valence-electron chi connectivity index (χ1n) is 8.35. The van der Waals surface area contributed by atoms with Crippen molar-refractivity contribution >= 4 is 28.2 Å². The lowest BCUT2D eigenvalue weighted by Gasteiger charge is -2.04. The Balaban J connectivity index is 1.45. The molecule has 0 radical (unpaired) electrons. The average Bonchev–Trinajstić information content (AvgIpc) is 3.21. The summed E-state index contributed by atoms with van der Waals surface area (Å²) in [6.07, 6.45) is 0. The number of hydrogen-bond donors (Lipinski definition) is 0. The Morgan fingerprint density at radius 3 is 2.81 bits per heavy atom. The number of aromatic nitrogens is 2. The van der Waals surface area contributed by atoms with Crippen molar-refractivity contribution in [1.82, 2.24) is 9.97 Å². The highest BCUT2D eigenvalue weighted by molar-refractivity contribution is 7.13. The normalized spacial score (nSPS) is 10.7. The van der Waals surface area contributed by atoms with Crippen LogP contribution >= 0.6 is 11.3 Å². The van der Waals surface area contributed by atoms with Crippen LogP contribution in [-0.2, 0) is 11.3 Å². The zero-order valence-corrected chi connectivity index (χ0v) is 15.4.